The van der Waals surface area contributed by atoms with E-state index in [0.29, 0.717) is 37.1 Å². The average molecular weight is 626 g/mol. The first-order valence-corrected chi connectivity index (χ1v) is 19.0. The molecule has 0 aliphatic carbocycles. The minimum atomic E-state index is -1.30. The SMILES string of the molecule is C[Si](C)(C)CCOCN1C(=O)CCC(N2Cc3c(C#CCCCn4ccc(-c5ccc(C(N)=O)cc5)n4)cccc3C2=O)C1=O. The van der Waals surface area contributed by atoms with Gasteiger partial charge in [0.1, 0.15) is 12.8 Å². The lowest BCUT2D eigenvalue weighted by Crippen LogP contribution is -2.55. The molecule has 45 heavy (non-hydrogen) atoms. The second-order valence-electron chi connectivity index (χ2n) is 12.6. The van der Waals surface area contributed by atoms with E-state index >= 15 is 0 Å². The molecule has 2 aliphatic heterocycles. The third-order valence-electron chi connectivity index (χ3n) is 8.09. The van der Waals surface area contributed by atoms with E-state index in [9.17, 15) is 19.2 Å². The first kappa shape index (κ1) is 31.9. The zero-order chi connectivity index (χ0) is 32.1. The number of amides is 4. The normalized spacial score (nSPS) is 16.5. The molecular weight excluding hydrogens is 586 g/mol. The van der Waals surface area contributed by atoms with Crippen molar-refractivity contribution in [1.82, 2.24) is 19.6 Å². The fourth-order valence-electron chi connectivity index (χ4n) is 5.44. The van der Waals surface area contributed by atoms with E-state index in [0.717, 1.165) is 39.7 Å². The van der Waals surface area contributed by atoms with Crippen LogP contribution in [0.25, 0.3) is 11.3 Å². The first-order valence-electron chi connectivity index (χ1n) is 15.3. The molecule has 2 N–H and O–H groups in total. The molecule has 1 atom stereocenters. The summed E-state index contributed by atoms with van der Waals surface area (Å²) in [6.07, 6.45) is 3.84. The predicted molar refractivity (Wildman–Crippen MR) is 172 cm³/mol. The van der Waals surface area contributed by atoms with E-state index in [1.165, 1.54) is 0 Å². The maximum absolute atomic E-state index is 13.4. The highest BCUT2D eigenvalue weighted by molar-refractivity contribution is 6.76. The summed E-state index contributed by atoms with van der Waals surface area (Å²) in [5.74, 6) is 5.15. The first-order chi connectivity index (χ1) is 21.5. The Balaban J connectivity index is 1.17. The van der Waals surface area contributed by atoms with Crippen molar-refractivity contribution < 1.29 is 23.9 Å². The monoisotopic (exact) mass is 625 g/mol. The number of carbonyl (C=O) groups is 4. The Labute approximate surface area is 264 Å². The Morgan fingerprint density at radius 1 is 1.09 bits per heavy atom. The Bertz CT molecular complexity index is 1660. The summed E-state index contributed by atoms with van der Waals surface area (Å²) in [4.78, 5) is 53.4. The highest BCUT2D eigenvalue weighted by Gasteiger charge is 2.43. The summed E-state index contributed by atoms with van der Waals surface area (Å²) in [5, 5.41) is 4.62. The molecular formula is C34H39N5O5Si. The van der Waals surface area contributed by atoms with Crippen molar-refractivity contribution in [3.63, 3.8) is 0 Å². The number of benzene rings is 2. The lowest BCUT2D eigenvalue weighted by molar-refractivity contribution is -0.158. The van der Waals surface area contributed by atoms with Crippen molar-refractivity contribution >= 4 is 31.7 Å². The predicted octanol–water partition coefficient (Wildman–Crippen LogP) is 4.27. The molecule has 5 rings (SSSR count). The Morgan fingerprint density at radius 3 is 2.60 bits per heavy atom. The fraction of sp³-hybridized carbons (Fsp3) is 0.382. The van der Waals surface area contributed by atoms with Crippen LogP contribution in [0.1, 0.15) is 57.5 Å². The van der Waals surface area contributed by atoms with Crippen LogP contribution in [-0.2, 0) is 27.4 Å². The number of nitrogens with two attached hydrogens (primary N) is 1. The lowest BCUT2D eigenvalue weighted by atomic mass is 10.0. The second kappa shape index (κ2) is 13.6. The number of carbonyl (C=O) groups excluding carboxylic acids is 4. The minimum Gasteiger partial charge on any atom is -0.366 e. The number of nitrogens with zero attached hydrogens (tertiary/aromatic N) is 4. The van der Waals surface area contributed by atoms with Crippen molar-refractivity contribution in [3.8, 4) is 23.1 Å². The summed E-state index contributed by atoms with van der Waals surface area (Å²) in [7, 11) is -1.30. The molecule has 0 radical (unpaired) electrons. The van der Waals surface area contributed by atoms with Gasteiger partial charge in [-0.1, -0.05) is 49.7 Å². The van der Waals surface area contributed by atoms with Crippen molar-refractivity contribution in [1.29, 1.82) is 0 Å². The molecule has 234 valence electrons. The van der Waals surface area contributed by atoms with E-state index in [-0.39, 0.29) is 37.4 Å². The molecule has 3 heterocycles. The molecule has 11 heteroatoms. The summed E-state index contributed by atoms with van der Waals surface area (Å²) in [6.45, 7) is 8.13. The van der Waals surface area contributed by atoms with Gasteiger partial charge in [0, 0.05) is 69.1 Å². The van der Waals surface area contributed by atoms with Gasteiger partial charge in [0.05, 0.1) is 5.69 Å². The molecule has 1 fully saturated rings. The van der Waals surface area contributed by atoms with E-state index in [1.54, 1.807) is 23.1 Å². The molecule has 0 spiro atoms. The van der Waals surface area contributed by atoms with Crippen LogP contribution in [0.15, 0.2) is 54.7 Å². The standard InChI is InChI=1S/C34H39N5O5Si/c1-45(2,3)21-20-44-23-39-31(40)16-15-30(34(39)43)38-22-28-24(9-7-10-27(28)33(38)42)8-5-4-6-18-37-19-17-29(36-37)25-11-13-26(14-12-25)32(35)41/h7,9-14,17,19,30H,4,6,15-16,18,20-23H2,1-3H3,(H2,35,41). The van der Waals surface area contributed by atoms with Gasteiger partial charge in [-0.2, -0.15) is 5.10 Å². The number of hydrogen-bond acceptors (Lipinski definition) is 6. The van der Waals surface area contributed by atoms with Gasteiger partial charge in [0.2, 0.25) is 11.8 Å². The number of piperidine rings is 1. The fourth-order valence-corrected chi connectivity index (χ4v) is 6.19. The Kier molecular flexibility index (Phi) is 9.65. The molecule has 2 aliphatic rings. The topological polar surface area (TPSA) is 128 Å². The summed E-state index contributed by atoms with van der Waals surface area (Å²) >= 11 is 0. The molecule has 1 unspecified atom stereocenters. The molecule has 3 aromatic rings. The van der Waals surface area contributed by atoms with Gasteiger partial charge in [-0.05, 0) is 54.8 Å². The van der Waals surface area contributed by atoms with E-state index in [4.69, 9.17) is 10.5 Å². The molecule has 4 amide bonds. The minimum absolute atomic E-state index is 0.0752. The molecule has 1 saturated heterocycles. The van der Waals surface area contributed by atoms with Gasteiger partial charge >= 0.3 is 0 Å². The Morgan fingerprint density at radius 2 is 1.87 bits per heavy atom. The second-order valence-corrected chi connectivity index (χ2v) is 18.3. The van der Waals surface area contributed by atoms with Crippen molar-refractivity contribution in [2.45, 2.75) is 70.5 Å². The molecule has 10 nitrogen and oxygen atoms in total. The van der Waals surface area contributed by atoms with Gasteiger partial charge in [0.25, 0.3) is 11.8 Å². The summed E-state index contributed by atoms with van der Waals surface area (Å²) in [6, 6.07) is 14.7. The zero-order valence-electron chi connectivity index (χ0n) is 26.0. The highest BCUT2D eigenvalue weighted by Crippen LogP contribution is 2.31. The van der Waals surface area contributed by atoms with Crippen molar-refractivity contribution in [2.24, 2.45) is 5.73 Å². The Hall–Kier alpha value is -4.53. The molecule has 0 bridgehead atoms. The van der Waals surface area contributed by atoms with E-state index in [2.05, 4.69) is 36.6 Å². The molecule has 0 saturated carbocycles. The number of fused-ring (bicyclic) bond motifs is 1. The number of ether oxygens (including phenoxy) is 1. The van der Waals surface area contributed by atoms with Crippen LogP contribution >= 0.6 is 0 Å². The quantitative estimate of drug-likeness (QED) is 0.147. The largest absolute Gasteiger partial charge is 0.366 e. The van der Waals surface area contributed by atoms with Crippen LogP contribution < -0.4 is 5.73 Å². The number of primary amides is 1. The average Bonchev–Trinajstić information content (AvgIpc) is 3.61. The zero-order valence-corrected chi connectivity index (χ0v) is 27.0. The van der Waals surface area contributed by atoms with Crippen LogP contribution in [0.2, 0.25) is 25.7 Å². The maximum atomic E-state index is 13.4. The smallest absolute Gasteiger partial charge is 0.255 e. The lowest BCUT2D eigenvalue weighted by Gasteiger charge is -2.35. The third kappa shape index (κ3) is 7.58. The van der Waals surface area contributed by atoms with E-state index < -0.39 is 20.0 Å². The van der Waals surface area contributed by atoms with Crippen LogP contribution in [0.5, 0.6) is 0 Å². The van der Waals surface area contributed by atoms with Crippen LogP contribution in [0.4, 0.5) is 0 Å². The van der Waals surface area contributed by atoms with Gasteiger partial charge in [-0.15, -0.1) is 0 Å². The number of likely N-dealkylation sites (tertiary alicyclic amines) is 1. The van der Waals surface area contributed by atoms with Gasteiger partial charge in [-0.3, -0.25) is 28.8 Å². The van der Waals surface area contributed by atoms with Crippen LogP contribution in [0.3, 0.4) is 0 Å². The number of hydrogen-bond donors (Lipinski definition) is 1. The van der Waals surface area contributed by atoms with Crippen LogP contribution in [0, 0.1) is 11.8 Å². The summed E-state index contributed by atoms with van der Waals surface area (Å²) in [5.41, 5.74) is 9.63. The number of aryl methyl sites for hydroxylation is 1. The van der Waals surface area contributed by atoms with Crippen molar-refractivity contribution in [2.75, 3.05) is 13.3 Å². The highest BCUT2D eigenvalue weighted by atomic mass is 28.3. The molecule has 2 aromatic carbocycles. The number of imide groups is 1. The van der Waals surface area contributed by atoms with Crippen molar-refractivity contribution in [3.05, 3.63) is 77.0 Å². The van der Waals surface area contributed by atoms with Crippen LogP contribution in [-0.4, -0.2) is 70.7 Å². The molecule has 1 aromatic heterocycles. The van der Waals surface area contributed by atoms with Gasteiger partial charge in [-0.25, -0.2) is 0 Å². The van der Waals surface area contributed by atoms with Gasteiger partial charge in [0.15, 0.2) is 0 Å². The van der Waals surface area contributed by atoms with Gasteiger partial charge < -0.3 is 15.4 Å². The summed E-state index contributed by atoms with van der Waals surface area (Å²) < 4.78 is 7.57. The van der Waals surface area contributed by atoms with E-state index in [1.807, 2.05) is 41.2 Å². The number of aromatic nitrogens is 2. The number of rotatable bonds is 11. The maximum Gasteiger partial charge on any atom is 0.255 e. The number of unbranched alkanes of at least 4 members (excludes halogenated alkanes) is 1. The third-order valence-corrected chi connectivity index (χ3v) is 9.79.